The van der Waals surface area contributed by atoms with Crippen LogP contribution in [0.25, 0.3) is 0 Å². The molecule has 3 N–H and O–H groups in total. The van der Waals surface area contributed by atoms with E-state index >= 15 is 0 Å². The molecule has 122 valence electrons. The van der Waals surface area contributed by atoms with Crippen molar-refractivity contribution >= 4 is 0 Å². The normalized spacial score (nSPS) is 24.2. The Hall–Kier alpha value is -2.11. The van der Waals surface area contributed by atoms with Crippen LogP contribution >= 0.6 is 0 Å². The van der Waals surface area contributed by atoms with Crippen molar-refractivity contribution in [3.63, 3.8) is 0 Å². The van der Waals surface area contributed by atoms with E-state index in [0.29, 0.717) is 12.2 Å². The first-order chi connectivity index (χ1) is 11.1. The number of benzene rings is 2. The van der Waals surface area contributed by atoms with Crippen LogP contribution < -0.4 is 15.2 Å². The average molecular weight is 317 g/mol. The topological polar surface area (TPSA) is 64.7 Å². The van der Waals surface area contributed by atoms with Crippen LogP contribution in [0.1, 0.15) is 19.3 Å². The van der Waals surface area contributed by atoms with Crippen LogP contribution in [-0.2, 0) is 0 Å². The molecule has 23 heavy (non-hydrogen) atoms. The van der Waals surface area contributed by atoms with E-state index in [1.807, 2.05) is 6.07 Å². The fraction of sp³-hybridized carbons (Fsp3) is 0.333. The van der Waals surface area contributed by atoms with Gasteiger partial charge in [0.25, 0.3) is 0 Å². The van der Waals surface area contributed by atoms with E-state index in [-0.39, 0.29) is 17.5 Å². The van der Waals surface area contributed by atoms with Crippen molar-refractivity contribution < 1.29 is 19.0 Å². The van der Waals surface area contributed by atoms with Crippen molar-refractivity contribution in [2.75, 3.05) is 0 Å². The quantitative estimate of drug-likeness (QED) is 0.908. The summed E-state index contributed by atoms with van der Waals surface area (Å²) >= 11 is 0. The number of hydrogen-bond donors (Lipinski definition) is 2. The highest BCUT2D eigenvalue weighted by Crippen LogP contribution is 2.36. The van der Waals surface area contributed by atoms with Crippen molar-refractivity contribution in [2.45, 2.75) is 37.5 Å². The summed E-state index contributed by atoms with van der Waals surface area (Å²) in [6.45, 7) is 0. The van der Waals surface area contributed by atoms with E-state index < -0.39 is 18.0 Å². The molecule has 0 aliphatic heterocycles. The number of nitrogens with two attached hydrogens (primary N) is 1. The van der Waals surface area contributed by atoms with E-state index in [1.165, 1.54) is 6.07 Å². The Kier molecular flexibility index (Phi) is 4.79. The molecule has 4 nitrogen and oxygen atoms in total. The molecule has 0 spiro atoms. The van der Waals surface area contributed by atoms with Gasteiger partial charge in [0.15, 0.2) is 11.6 Å². The van der Waals surface area contributed by atoms with Crippen molar-refractivity contribution in [3.8, 4) is 17.2 Å². The Labute approximate surface area is 134 Å². The van der Waals surface area contributed by atoms with Gasteiger partial charge in [-0.05, 0) is 43.5 Å². The van der Waals surface area contributed by atoms with Crippen LogP contribution in [0, 0.1) is 5.82 Å². The van der Waals surface area contributed by atoms with Crippen molar-refractivity contribution in [2.24, 2.45) is 5.73 Å². The molecule has 3 atom stereocenters. The molecule has 0 radical (unpaired) electrons. The highest BCUT2D eigenvalue weighted by molar-refractivity contribution is 5.44. The highest BCUT2D eigenvalue weighted by Gasteiger charge is 2.32. The molecule has 5 heteroatoms. The number of rotatable bonds is 4. The van der Waals surface area contributed by atoms with Gasteiger partial charge in [0.1, 0.15) is 18.0 Å². The molecule has 0 bridgehead atoms. The van der Waals surface area contributed by atoms with Crippen LogP contribution in [0.2, 0.25) is 0 Å². The molecular formula is C18H20FNO3. The second-order valence-electron chi connectivity index (χ2n) is 5.72. The Bertz CT molecular complexity index is 650. The number of aliphatic hydroxyl groups excluding tert-OH is 1. The van der Waals surface area contributed by atoms with Crippen LogP contribution in [0.4, 0.5) is 4.39 Å². The first-order valence-electron chi connectivity index (χ1n) is 7.77. The smallest absolute Gasteiger partial charge is 0.204 e. The average Bonchev–Trinajstić information content (AvgIpc) is 2.56. The summed E-state index contributed by atoms with van der Waals surface area (Å²) in [6, 6.07) is 13.1. The zero-order valence-corrected chi connectivity index (χ0v) is 12.7. The number of ether oxygens (including phenoxy) is 2. The molecule has 0 unspecified atom stereocenters. The Morgan fingerprint density at radius 1 is 1.04 bits per heavy atom. The second-order valence-corrected chi connectivity index (χ2v) is 5.72. The fourth-order valence-electron chi connectivity index (χ4n) is 2.75. The summed E-state index contributed by atoms with van der Waals surface area (Å²) in [7, 11) is 0. The predicted octanol–water partition coefficient (Wildman–Crippen LogP) is 3.24. The van der Waals surface area contributed by atoms with Crippen LogP contribution in [0.15, 0.2) is 48.5 Å². The molecule has 0 amide bonds. The molecule has 2 aromatic rings. The standard InChI is InChI=1S/C18H20FNO3/c19-13-8-4-11-16(18(13)22-12-6-2-1-3-7-12)23-15-10-5-9-14(20)17(15)21/h1-4,6-8,11,14-15,17,21H,5,9-10,20H2/t14-,15-,17-/m1/s1. The zero-order chi connectivity index (χ0) is 16.2. The lowest BCUT2D eigenvalue weighted by molar-refractivity contribution is -0.00693. The van der Waals surface area contributed by atoms with Gasteiger partial charge in [0.2, 0.25) is 5.75 Å². The van der Waals surface area contributed by atoms with E-state index in [1.54, 1.807) is 36.4 Å². The number of aliphatic hydroxyl groups is 1. The van der Waals surface area contributed by atoms with Gasteiger partial charge in [0.05, 0.1) is 0 Å². The van der Waals surface area contributed by atoms with E-state index in [0.717, 1.165) is 12.8 Å². The summed E-state index contributed by atoms with van der Waals surface area (Å²) in [5, 5.41) is 10.2. The Balaban J connectivity index is 1.83. The summed E-state index contributed by atoms with van der Waals surface area (Å²) in [5.74, 6) is 0.293. The lowest BCUT2D eigenvalue weighted by Crippen LogP contribution is -2.48. The Morgan fingerprint density at radius 2 is 1.83 bits per heavy atom. The maximum Gasteiger partial charge on any atom is 0.204 e. The monoisotopic (exact) mass is 317 g/mol. The van der Waals surface area contributed by atoms with E-state index in [2.05, 4.69) is 0 Å². The molecule has 1 fully saturated rings. The molecular weight excluding hydrogens is 297 g/mol. The van der Waals surface area contributed by atoms with Gasteiger partial charge in [-0.3, -0.25) is 0 Å². The third-order valence-corrected chi connectivity index (χ3v) is 4.02. The minimum absolute atomic E-state index is 0.0186. The fourth-order valence-corrected chi connectivity index (χ4v) is 2.75. The van der Waals surface area contributed by atoms with E-state index in [9.17, 15) is 9.50 Å². The van der Waals surface area contributed by atoms with Gasteiger partial charge in [-0.25, -0.2) is 4.39 Å². The number of para-hydroxylation sites is 2. The van der Waals surface area contributed by atoms with Crippen molar-refractivity contribution in [3.05, 3.63) is 54.3 Å². The van der Waals surface area contributed by atoms with Gasteiger partial charge in [0, 0.05) is 6.04 Å². The second kappa shape index (κ2) is 6.98. The van der Waals surface area contributed by atoms with Crippen molar-refractivity contribution in [1.29, 1.82) is 0 Å². The largest absolute Gasteiger partial charge is 0.484 e. The molecule has 2 aromatic carbocycles. The summed E-state index contributed by atoms with van der Waals surface area (Å²) in [4.78, 5) is 0. The summed E-state index contributed by atoms with van der Waals surface area (Å²) < 4.78 is 25.6. The van der Waals surface area contributed by atoms with Gasteiger partial charge in [-0.2, -0.15) is 0 Å². The molecule has 1 aliphatic carbocycles. The third-order valence-electron chi connectivity index (χ3n) is 4.02. The summed E-state index contributed by atoms with van der Waals surface area (Å²) in [6.07, 6.45) is 1.08. The van der Waals surface area contributed by atoms with Gasteiger partial charge < -0.3 is 20.3 Å². The molecule has 1 saturated carbocycles. The third kappa shape index (κ3) is 3.63. The lowest BCUT2D eigenvalue weighted by atomic mass is 9.90. The maximum absolute atomic E-state index is 14.2. The number of hydrogen-bond acceptors (Lipinski definition) is 4. The summed E-state index contributed by atoms with van der Waals surface area (Å²) in [5.41, 5.74) is 5.88. The molecule has 0 heterocycles. The molecule has 0 saturated heterocycles. The van der Waals surface area contributed by atoms with Crippen molar-refractivity contribution in [1.82, 2.24) is 0 Å². The molecule has 3 rings (SSSR count). The van der Waals surface area contributed by atoms with Crippen LogP contribution in [0.5, 0.6) is 17.2 Å². The van der Waals surface area contributed by atoms with Gasteiger partial charge in [-0.1, -0.05) is 24.3 Å². The van der Waals surface area contributed by atoms with E-state index in [4.69, 9.17) is 15.2 Å². The zero-order valence-electron chi connectivity index (χ0n) is 12.7. The van der Waals surface area contributed by atoms with Gasteiger partial charge in [-0.15, -0.1) is 0 Å². The predicted molar refractivity (Wildman–Crippen MR) is 85.2 cm³/mol. The van der Waals surface area contributed by atoms with Crippen LogP contribution in [-0.4, -0.2) is 23.4 Å². The highest BCUT2D eigenvalue weighted by atomic mass is 19.1. The lowest BCUT2D eigenvalue weighted by Gasteiger charge is -2.33. The Morgan fingerprint density at radius 3 is 2.61 bits per heavy atom. The number of halogens is 1. The van der Waals surface area contributed by atoms with Gasteiger partial charge >= 0.3 is 0 Å². The maximum atomic E-state index is 14.2. The molecule has 1 aliphatic rings. The first kappa shape index (κ1) is 15.8. The van der Waals surface area contributed by atoms with Crippen LogP contribution in [0.3, 0.4) is 0 Å². The SMILES string of the molecule is N[C@@H]1CCC[C@@H](Oc2cccc(F)c2Oc2ccccc2)[C@@H]1O. The minimum Gasteiger partial charge on any atom is -0.484 e. The molecule has 0 aromatic heterocycles. The minimum atomic E-state index is -0.767. The first-order valence-corrected chi connectivity index (χ1v) is 7.77.